The monoisotopic (exact) mass is 475 g/mol. The third kappa shape index (κ3) is 2.92. The van der Waals surface area contributed by atoms with E-state index >= 15 is 0 Å². The Balaban J connectivity index is 1.62. The van der Waals surface area contributed by atoms with E-state index in [0.29, 0.717) is 5.56 Å². The first-order chi connectivity index (χ1) is 20.5. The number of para-hydroxylation sites is 1. The maximum absolute atomic E-state index is 8.82. The highest BCUT2D eigenvalue weighted by atomic mass is 16.3. The van der Waals surface area contributed by atoms with E-state index in [0.717, 1.165) is 65.4 Å². The van der Waals surface area contributed by atoms with Crippen molar-refractivity contribution in [3.63, 3.8) is 0 Å². The lowest BCUT2D eigenvalue weighted by Crippen LogP contribution is -1.91. The predicted molar refractivity (Wildman–Crippen MR) is 157 cm³/mol. The second-order valence-corrected chi connectivity index (χ2v) is 9.29. The summed E-state index contributed by atoms with van der Waals surface area (Å²) >= 11 is 0. The van der Waals surface area contributed by atoms with Crippen LogP contribution in [0.3, 0.4) is 0 Å². The summed E-state index contributed by atoms with van der Waals surface area (Å²) in [5, 5.41) is 7.64. The molecule has 0 N–H and O–H groups in total. The van der Waals surface area contributed by atoms with Gasteiger partial charge in [-0.1, -0.05) is 121 Å². The lowest BCUT2D eigenvalue weighted by atomic mass is 9.84. The zero-order chi connectivity index (χ0) is 28.7. The van der Waals surface area contributed by atoms with E-state index in [4.69, 9.17) is 11.3 Å². The minimum atomic E-state index is -0.399. The number of hydrogen-bond acceptors (Lipinski definition) is 1. The molecule has 0 radical (unpaired) electrons. The quantitative estimate of drug-likeness (QED) is 0.227. The SMILES string of the molecule is [2H]c1c([2H])c([2H])c(-c2c3ccccc3c(-c3cc4ccccc4c4oc5ccccc5c34)c3ccccc23)c([2H])c1[2H]. The Hall–Kier alpha value is -4.88. The van der Waals surface area contributed by atoms with Gasteiger partial charge in [-0.05, 0) is 61.3 Å². The van der Waals surface area contributed by atoms with E-state index in [1.165, 1.54) is 0 Å². The molecule has 8 aromatic rings. The zero-order valence-corrected chi connectivity index (χ0v) is 19.7. The molecule has 0 unspecified atom stereocenters. The Morgan fingerprint density at radius 2 is 1.05 bits per heavy atom. The van der Waals surface area contributed by atoms with Crippen LogP contribution in [0.2, 0.25) is 0 Å². The molecule has 0 spiro atoms. The van der Waals surface area contributed by atoms with Crippen LogP contribution in [0.5, 0.6) is 0 Å². The molecule has 0 saturated carbocycles. The molecule has 0 saturated heterocycles. The normalized spacial score (nSPS) is 13.7. The summed E-state index contributed by atoms with van der Waals surface area (Å²) in [4.78, 5) is 0. The van der Waals surface area contributed by atoms with Crippen LogP contribution in [0.15, 0.2) is 138 Å². The average molecular weight is 476 g/mol. The Labute approximate surface area is 221 Å². The molecule has 0 fully saturated rings. The highest BCUT2D eigenvalue weighted by Gasteiger charge is 2.21. The lowest BCUT2D eigenvalue weighted by molar-refractivity contribution is 0.673. The summed E-state index contributed by atoms with van der Waals surface area (Å²) in [6.45, 7) is 0. The minimum Gasteiger partial charge on any atom is -0.455 e. The lowest BCUT2D eigenvalue weighted by Gasteiger charge is -2.18. The maximum atomic E-state index is 8.82. The third-order valence-corrected chi connectivity index (χ3v) is 7.32. The van der Waals surface area contributed by atoms with Crippen LogP contribution in [-0.2, 0) is 0 Å². The molecule has 1 nitrogen and oxygen atoms in total. The van der Waals surface area contributed by atoms with Gasteiger partial charge in [0.15, 0.2) is 0 Å². The fourth-order valence-electron chi connectivity index (χ4n) is 5.82. The predicted octanol–water partition coefficient (Wildman–Crippen LogP) is 10.4. The molecular formula is C36H22O. The van der Waals surface area contributed by atoms with Crippen molar-refractivity contribution in [3.05, 3.63) is 133 Å². The Kier molecular flexibility index (Phi) is 3.37. The van der Waals surface area contributed by atoms with Gasteiger partial charge < -0.3 is 4.42 Å². The molecule has 0 aliphatic carbocycles. The van der Waals surface area contributed by atoms with Gasteiger partial charge in [0.1, 0.15) is 11.2 Å². The second kappa shape index (κ2) is 7.81. The van der Waals surface area contributed by atoms with Crippen LogP contribution in [0, 0.1) is 0 Å². The van der Waals surface area contributed by atoms with Gasteiger partial charge in [0, 0.05) is 16.2 Å². The maximum Gasteiger partial charge on any atom is 0.143 e. The standard InChI is InChI=1S/C36H22O/c1-2-12-23(13-3-1)33-26-16-6-8-18-28(26)34(29-19-9-7-17-27(29)33)31-22-24-14-4-5-15-25(24)36-35(31)30-20-10-11-21-32(30)37-36/h1-22H/i1D,2D,3D,12D,13D. The van der Waals surface area contributed by atoms with Crippen molar-refractivity contribution in [2.45, 2.75) is 0 Å². The van der Waals surface area contributed by atoms with Crippen molar-refractivity contribution in [2.75, 3.05) is 0 Å². The molecule has 0 atom stereocenters. The van der Waals surface area contributed by atoms with Gasteiger partial charge in [-0.2, -0.15) is 0 Å². The molecule has 37 heavy (non-hydrogen) atoms. The van der Waals surface area contributed by atoms with Crippen LogP contribution < -0.4 is 0 Å². The third-order valence-electron chi connectivity index (χ3n) is 7.32. The summed E-state index contributed by atoms with van der Waals surface area (Å²) in [7, 11) is 0. The number of furan rings is 1. The Morgan fingerprint density at radius 1 is 0.514 bits per heavy atom. The first-order valence-corrected chi connectivity index (χ1v) is 12.3. The van der Waals surface area contributed by atoms with Gasteiger partial charge in [0.05, 0.1) is 6.85 Å². The molecule has 1 heteroatoms. The number of rotatable bonds is 2. The minimum absolute atomic E-state index is 0.206. The molecule has 0 aliphatic heterocycles. The highest BCUT2D eigenvalue weighted by Crippen LogP contribution is 2.48. The van der Waals surface area contributed by atoms with Gasteiger partial charge in [-0.25, -0.2) is 0 Å². The molecule has 0 bridgehead atoms. The molecular weight excluding hydrogens is 448 g/mol. The Morgan fingerprint density at radius 3 is 1.73 bits per heavy atom. The van der Waals surface area contributed by atoms with Crippen LogP contribution in [0.4, 0.5) is 0 Å². The van der Waals surface area contributed by atoms with E-state index in [1.54, 1.807) is 0 Å². The van der Waals surface area contributed by atoms with Crippen molar-refractivity contribution in [1.82, 2.24) is 0 Å². The van der Waals surface area contributed by atoms with Crippen LogP contribution in [0.25, 0.3) is 76.5 Å². The van der Waals surface area contributed by atoms with E-state index in [2.05, 4.69) is 36.4 Å². The summed E-state index contributed by atoms with van der Waals surface area (Å²) in [5.41, 5.74) is 4.52. The molecule has 0 amide bonds. The first-order valence-electron chi connectivity index (χ1n) is 14.8. The fourth-order valence-corrected chi connectivity index (χ4v) is 5.82. The summed E-state index contributed by atoms with van der Waals surface area (Å²) in [6, 6.07) is 32.9. The highest BCUT2D eigenvalue weighted by molar-refractivity contribution is 6.28. The molecule has 172 valence electrons. The molecule has 0 aliphatic rings. The second-order valence-electron chi connectivity index (χ2n) is 9.29. The van der Waals surface area contributed by atoms with Crippen molar-refractivity contribution in [3.8, 4) is 22.3 Å². The molecule has 1 heterocycles. The summed E-state index contributed by atoms with van der Waals surface area (Å²) < 4.78 is 49.1. The largest absolute Gasteiger partial charge is 0.455 e. The molecule has 1 aromatic heterocycles. The zero-order valence-electron chi connectivity index (χ0n) is 24.7. The Bertz CT molecular complexity index is 2340. The summed E-state index contributed by atoms with van der Waals surface area (Å²) in [6.07, 6.45) is 0. The van der Waals surface area contributed by atoms with Gasteiger partial charge in [0.25, 0.3) is 0 Å². The van der Waals surface area contributed by atoms with Crippen molar-refractivity contribution < 1.29 is 11.3 Å². The van der Waals surface area contributed by atoms with E-state index in [1.807, 2.05) is 66.7 Å². The first kappa shape index (κ1) is 16.0. The average Bonchev–Trinajstić information content (AvgIpc) is 3.42. The van der Waals surface area contributed by atoms with Crippen LogP contribution in [0.1, 0.15) is 6.85 Å². The van der Waals surface area contributed by atoms with E-state index < -0.39 is 6.04 Å². The fraction of sp³-hybridized carbons (Fsp3) is 0. The summed E-state index contributed by atoms with van der Waals surface area (Å²) in [5.74, 6) is 0. The van der Waals surface area contributed by atoms with Gasteiger partial charge in [-0.15, -0.1) is 0 Å². The molecule has 8 rings (SSSR count). The topological polar surface area (TPSA) is 13.1 Å². The van der Waals surface area contributed by atoms with Crippen molar-refractivity contribution >= 4 is 54.3 Å². The smallest absolute Gasteiger partial charge is 0.143 e. The van der Waals surface area contributed by atoms with Crippen LogP contribution >= 0.6 is 0 Å². The van der Waals surface area contributed by atoms with Crippen LogP contribution in [-0.4, -0.2) is 0 Å². The van der Waals surface area contributed by atoms with E-state index in [-0.39, 0.29) is 29.7 Å². The number of benzene rings is 7. The van der Waals surface area contributed by atoms with Crippen molar-refractivity contribution in [2.24, 2.45) is 0 Å². The number of fused-ring (bicyclic) bond motifs is 7. The van der Waals surface area contributed by atoms with Gasteiger partial charge in [-0.3, -0.25) is 0 Å². The van der Waals surface area contributed by atoms with E-state index in [9.17, 15) is 0 Å². The van der Waals surface area contributed by atoms with Gasteiger partial charge >= 0.3 is 0 Å². The van der Waals surface area contributed by atoms with Gasteiger partial charge in [0.2, 0.25) is 0 Å². The molecule has 7 aromatic carbocycles. The number of hydrogen-bond donors (Lipinski definition) is 0. The van der Waals surface area contributed by atoms with Crippen molar-refractivity contribution in [1.29, 1.82) is 0 Å².